The Hall–Kier alpha value is -1.58. The van der Waals surface area contributed by atoms with Crippen molar-refractivity contribution in [3.8, 4) is 5.75 Å². The molecule has 0 amide bonds. The minimum atomic E-state index is -0.915. The Morgan fingerprint density at radius 2 is 2.00 bits per heavy atom. The molecule has 0 radical (unpaired) electrons. The summed E-state index contributed by atoms with van der Waals surface area (Å²) in [7, 11) is 1.56. The smallest absolute Gasteiger partial charge is 0.127 e. The first kappa shape index (κ1) is 13.8. The van der Waals surface area contributed by atoms with Gasteiger partial charge in [-0.15, -0.1) is 0 Å². The lowest BCUT2D eigenvalue weighted by molar-refractivity contribution is 0.219. The molecule has 1 unspecified atom stereocenters. The molecule has 0 saturated heterocycles. The Labute approximate surface area is 116 Å². The zero-order valence-electron chi connectivity index (χ0n) is 10.7. The van der Waals surface area contributed by atoms with Crippen LogP contribution in [0.3, 0.4) is 0 Å². The van der Waals surface area contributed by atoms with E-state index in [9.17, 15) is 9.50 Å². The second-order valence-corrected chi connectivity index (χ2v) is 4.71. The van der Waals surface area contributed by atoms with E-state index < -0.39 is 6.10 Å². The van der Waals surface area contributed by atoms with Crippen LogP contribution in [-0.4, -0.2) is 12.2 Å². The number of benzene rings is 2. The average Bonchev–Trinajstić information content (AvgIpc) is 2.42. The molecule has 1 atom stereocenters. The van der Waals surface area contributed by atoms with Crippen molar-refractivity contribution in [1.29, 1.82) is 0 Å². The number of ether oxygens (including phenoxy) is 1. The van der Waals surface area contributed by atoms with Crippen LogP contribution in [0.15, 0.2) is 36.4 Å². The first-order chi connectivity index (χ1) is 9.02. The van der Waals surface area contributed by atoms with Crippen LogP contribution in [0.1, 0.15) is 22.8 Å². The highest BCUT2D eigenvalue weighted by Crippen LogP contribution is 2.31. The maximum Gasteiger partial charge on any atom is 0.127 e. The van der Waals surface area contributed by atoms with Gasteiger partial charge in [-0.05, 0) is 42.3 Å². The third-order valence-electron chi connectivity index (χ3n) is 2.98. The Bertz CT molecular complexity index is 599. The van der Waals surface area contributed by atoms with Gasteiger partial charge in [-0.2, -0.15) is 0 Å². The Morgan fingerprint density at radius 1 is 1.26 bits per heavy atom. The van der Waals surface area contributed by atoms with Crippen molar-refractivity contribution < 1.29 is 14.2 Å². The largest absolute Gasteiger partial charge is 0.497 e. The van der Waals surface area contributed by atoms with Crippen molar-refractivity contribution in [3.63, 3.8) is 0 Å². The molecule has 2 aromatic carbocycles. The maximum absolute atomic E-state index is 13.4. The average molecular weight is 281 g/mol. The summed E-state index contributed by atoms with van der Waals surface area (Å²) in [5.41, 5.74) is 1.57. The van der Waals surface area contributed by atoms with Crippen molar-refractivity contribution in [2.24, 2.45) is 0 Å². The highest BCUT2D eigenvalue weighted by atomic mass is 35.5. The van der Waals surface area contributed by atoms with E-state index in [0.717, 1.165) is 0 Å². The van der Waals surface area contributed by atoms with Gasteiger partial charge in [0.25, 0.3) is 0 Å². The molecule has 0 aliphatic rings. The number of halogens is 2. The number of aliphatic hydroxyl groups excluding tert-OH is 1. The molecule has 19 heavy (non-hydrogen) atoms. The Kier molecular flexibility index (Phi) is 4.08. The molecule has 2 aromatic rings. The van der Waals surface area contributed by atoms with E-state index in [1.807, 2.05) is 0 Å². The van der Waals surface area contributed by atoms with Crippen molar-refractivity contribution >= 4 is 11.6 Å². The summed E-state index contributed by atoms with van der Waals surface area (Å²) in [6, 6.07) is 9.83. The number of hydrogen-bond donors (Lipinski definition) is 1. The second kappa shape index (κ2) is 5.59. The first-order valence-corrected chi connectivity index (χ1v) is 6.18. The molecule has 0 aliphatic heterocycles. The summed E-state index contributed by atoms with van der Waals surface area (Å²) in [6.45, 7) is 1.63. The first-order valence-electron chi connectivity index (χ1n) is 5.80. The topological polar surface area (TPSA) is 29.5 Å². The van der Waals surface area contributed by atoms with E-state index in [1.165, 1.54) is 6.07 Å². The summed E-state index contributed by atoms with van der Waals surface area (Å²) in [5, 5.41) is 10.6. The van der Waals surface area contributed by atoms with E-state index in [0.29, 0.717) is 22.4 Å². The number of methoxy groups -OCH3 is 1. The number of rotatable bonds is 3. The molecule has 100 valence electrons. The van der Waals surface area contributed by atoms with Crippen molar-refractivity contribution in [2.45, 2.75) is 13.0 Å². The standard InChI is InChI=1S/C15H14ClFO2/c1-9-6-12(13(16)8-14(9)17)15(18)10-4-3-5-11(7-10)19-2/h3-8,15,18H,1-2H3. The van der Waals surface area contributed by atoms with Gasteiger partial charge in [-0.25, -0.2) is 4.39 Å². The molecule has 0 spiro atoms. The fraction of sp³-hybridized carbons (Fsp3) is 0.200. The van der Waals surface area contributed by atoms with Gasteiger partial charge in [0.15, 0.2) is 0 Å². The summed E-state index contributed by atoms with van der Waals surface area (Å²) in [6.07, 6.45) is -0.915. The monoisotopic (exact) mass is 280 g/mol. The molecule has 1 N–H and O–H groups in total. The molecule has 2 rings (SSSR count). The molecule has 0 bridgehead atoms. The molecule has 0 saturated carbocycles. The third kappa shape index (κ3) is 2.88. The SMILES string of the molecule is COc1cccc(C(O)c2cc(C)c(F)cc2Cl)c1. The van der Waals surface area contributed by atoms with Gasteiger partial charge in [0.1, 0.15) is 17.7 Å². The summed E-state index contributed by atoms with van der Waals surface area (Å²) >= 11 is 5.99. The molecule has 0 aliphatic carbocycles. The van der Waals surface area contributed by atoms with Crippen molar-refractivity contribution in [2.75, 3.05) is 7.11 Å². The molecule has 0 aromatic heterocycles. The van der Waals surface area contributed by atoms with Gasteiger partial charge in [0.05, 0.1) is 7.11 Å². The lowest BCUT2D eigenvalue weighted by Crippen LogP contribution is -2.02. The highest BCUT2D eigenvalue weighted by Gasteiger charge is 2.16. The molecule has 4 heteroatoms. The normalized spacial score (nSPS) is 12.3. The van der Waals surface area contributed by atoms with Gasteiger partial charge in [0.2, 0.25) is 0 Å². The van der Waals surface area contributed by atoms with Crippen LogP contribution in [0.25, 0.3) is 0 Å². The zero-order chi connectivity index (χ0) is 14.0. The molecular formula is C15H14ClFO2. The van der Waals surface area contributed by atoms with Gasteiger partial charge in [-0.3, -0.25) is 0 Å². The van der Waals surface area contributed by atoms with Gasteiger partial charge in [0, 0.05) is 10.6 Å². The van der Waals surface area contributed by atoms with Crippen molar-refractivity contribution in [3.05, 3.63) is 63.9 Å². The second-order valence-electron chi connectivity index (χ2n) is 4.30. The fourth-order valence-electron chi connectivity index (χ4n) is 1.88. The van der Waals surface area contributed by atoms with Crippen molar-refractivity contribution in [1.82, 2.24) is 0 Å². The van der Waals surface area contributed by atoms with E-state index >= 15 is 0 Å². The zero-order valence-corrected chi connectivity index (χ0v) is 11.4. The summed E-state index contributed by atoms with van der Waals surface area (Å²) in [4.78, 5) is 0. The van der Waals surface area contributed by atoms with E-state index in [2.05, 4.69) is 0 Å². The number of aryl methyl sites for hydroxylation is 1. The van der Waals surface area contributed by atoms with E-state index in [-0.39, 0.29) is 10.8 Å². The molecule has 0 heterocycles. The Balaban J connectivity index is 2.43. The Morgan fingerprint density at radius 3 is 2.68 bits per heavy atom. The van der Waals surface area contributed by atoms with Crippen LogP contribution in [0.5, 0.6) is 5.75 Å². The maximum atomic E-state index is 13.4. The predicted molar refractivity (Wildman–Crippen MR) is 73.2 cm³/mol. The van der Waals surface area contributed by atoms with Crippen LogP contribution < -0.4 is 4.74 Å². The van der Waals surface area contributed by atoms with Gasteiger partial charge >= 0.3 is 0 Å². The lowest BCUT2D eigenvalue weighted by atomic mass is 9.99. The van der Waals surface area contributed by atoms with E-state index in [1.54, 1.807) is 44.4 Å². The molecule has 0 fully saturated rings. The van der Waals surface area contributed by atoms with Gasteiger partial charge in [-0.1, -0.05) is 23.7 Å². The number of hydrogen-bond acceptors (Lipinski definition) is 2. The van der Waals surface area contributed by atoms with Crippen LogP contribution in [0.4, 0.5) is 4.39 Å². The molecule has 2 nitrogen and oxygen atoms in total. The van der Waals surface area contributed by atoms with Crippen LogP contribution in [0.2, 0.25) is 5.02 Å². The molecular weight excluding hydrogens is 267 g/mol. The van der Waals surface area contributed by atoms with Gasteiger partial charge < -0.3 is 9.84 Å². The minimum absolute atomic E-state index is 0.207. The quantitative estimate of drug-likeness (QED) is 0.924. The van der Waals surface area contributed by atoms with Crippen LogP contribution >= 0.6 is 11.6 Å². The fourth-order valence-corrected chi connectivity index (χ4v) is 2.13. The van der Waals surface area contributed by atoms with Crippen LogP contribution in [0, 0.1) is 12.7 Å². The summed E-state index contributed by atoms with van der Waals surface area (Å²) < 4.78 is 18.5. The predicted octanol–water partition coefficient (Wildman–Crippen LogP) is 3.88. The highest BCUT2D eigenvalue weighted by molar-refractivity contribution is 6.31. The lowest BCUT2D eigenvalue weighted by Gasteiger charge is -2.15. The summed E-state index contributed by atoms with van der Waals surface area (Å²) in [5.74, 6) is 0.262. The third-order valence-corrected chi connectivity index (χ3v) is 3.31. The van der Waals surface area contributed by atoms with Crippen LogP contribution in [-0.2, 0) is 0 Å². The number of aliphatic hydroxyl groups is 1. The minimum Gasteiger partial charge on any atom is -0.497 e. The van der Waals surface area contributed by atoms with E-state index in [4.69, 9.17) is 16.3 Å².